The summed E-state index contributed by atoms with van der Waals surface area (Å²) in [7, 11) is 0. The maximum atomic E-state index is 5.69. The van der Waals surface area contributed by atoms with Gasteiger partial charge < -0.3 is 4.74 Å². The van der Waals surface area contributed by atoms with E-state index in [4.69, 9.17) is 4.74 Å². The van der Waals surface area contributed by atoms with E-state index in [9.17, 15) is 0 Å². The van der Waals surface area contributed by atoms with Gasteiger partial charge in [0.2, 0.25) is 0 Å². The molecule has 59 valence electrons. The Bertz CT molecular complexity index is 85.3. The Morgan fingerprint density at radius 3 is 2.10 bits per heavy atom. The van der Waals surface area contributed by atoms with Gasteiger partial charge in [-0.2, -0.15) is 0 Å². The van der Waals surface area contributed by atoms with Crippen molar-refractivity contribution in [1.82, 2.24) is 5.32 Å². The molecule has 10 heavy (non-hydrogen) atoms. The fraction of sp³-hybridized carbons (Fsp3) is 1.00. The first-order valence-corrected chi connectivity index (χ1v) is 4.15. The Labute approximate surface area is 63.0 Å². The lowest BCUT2D eigenvalue weighted by atomic mass is 10.2. The van der Waals surface area contributed by atoms with Gasteiger partial charge in [0.1, 0.15) is 0 Å². The van der Waals surface area contributed by atoms with Crippen LogP contribution in [-0.4, -0.2) is 25.3 Å². The summed E-state index contributed by atoms with van der Waals surface area (Å²) in [5, 5.41) is 4.36. The predicted octanol–water partition coefficient (Wildman–Crippen LogP) is 1.18. The molecule has 0 N–H and O–H groups in total. The molecular weight excluding hydrogens is 126 g/mol. The highest BCUT2D eigenvalue weighted by Crippen LogP contribution is 2.09. The second-order valence-electron chi connectivity index (χ2n) is 2.79. The van der Waals surface area contributed by atoms with Crippen LogP contribution in [0, 0.1) is 0 Å². The highest BCUT2D eigenvalue weighted by molar-refractivity contribution is 4.71. The molecule has 0 aromatic carbocycles. The highest BCUT2D eigenvalue weighted by Gasteiger charge is 2.19. The smallest absolute Gasteiger partial charge is 0.0717 e. The van der Waals surface area contributed by atoms with Gasteiger partial charge in [0, 0.05) is 13.1 Å². The molecule has 2 heteroatoms. The molecule has 0 aromatic heterocycles. The van der Waals surface area contributed by atoms with Crippen molar-refractivity contribution in [3.05, 3.63) is 0 Å². The van der Waals surface area contributed by atoms with Crippen molar-refractivity contribution in [2.24, 2.45) is 0 Å². The van der Waals surface area contributed by atoms with E-state index in [1.807, 2.05) is 0 Å². The topological polar surface area (TPSA) is 23.3 Å². The summed E-state index contributed by atoms with van der Waals surface area (Å²) in [4.78, 5) is 0. The number of hydrogen-bond acceptors (Lipinski definition) is 1. The van der Waals surface area contributed by atoms with E-state index in [2.05, 4.69) is 19.2 Å². The summed E-state index contributed by atoms with van der Waals surface area (Å²) in [6, 6.07) is 0. The Morgan fingerprint density at radius 2 is 1.70 bits per heavy atom. The van der Waals surface area contributed by atoms with Crippen LogP contribution in [0.5, 0.6) is 0 Å². The van der Waals surface area contributed by atoms with Crippen LogP contribution in [0.25, 0.3) is 0 Å². The minimum Gasteiger partial charge on any atom is -0.372 e. The maximum absolute atomic E-state index is 5.69. The molecule has 0 aromatic rings. The summed E-state index contributed by atoms with van der Waals surface area (Å²) in [6.45, 7) is 6.12. The van der Waals surface area contributed by atoms with Crippen molar-refractivity contribution in [2.45, 2.75) is 38.9 Å². The molecular formula is C8H16NO. The second-order valence-corrected chi connectivity index (χ2v) is 2.79. The Morgan fingerprint density at radius 1 is 1.20 bits per heavy atom. The lowest BCUT2D eigenvalue weighted by molar-refractivity contribution is -0.0407. The lowest BCUT2D eigenvalue weighted by Gasteiger charge is -2.28. The Hall–Kier alpha value is -0.0800. The Balaban J connectivity index is 2.25. The molecule has 0 aliphatic carbocycles. The van der Waals surface area contributed by atoms with E-state index < -0.39 is 0 Å². The van der Waals surface area contributed by atoms with Crippen molar-refractivity contribution in [3.63, 3.8) is 0 Å². The van der Waals surface area contributed by atoms with Crippen LogP contribution in [0.4, 0.5) is 0 Å². The molecule has 2 unspecified atom stereocenters. The van der Waals surface area contributed by atoms with E-state index in [-0.39, 0.29) is 0 Å². The van der Waals surface area contributed by atoms with E-state index in [1.54, 1.807) is 0 Å². The lowest BCUT2D eigenvalue weighted by Crippen LogP contribution is -2.40. The minimum absolute atomic E-state index is 0.402. The fourth-order valence-electron chi connectivity index (χ4n) is 1.17. The van der Waals surface area contributed by atoms with Gasteiger partial charge in [-0.05, 0) is 12.8 Å². The van der Waals surface area contributed by atoms with Gasteiger partial charge in [0.15, 0.2) is 0 Å². The standard InChI is InChI=1S/C8H16NO/c1-3-7-5-9-6-8(4-2)10-7/h7-8H,3-6H2,1-2H3. The van der Waals surface area contributed by atoms with Crippen LogP contribution in [0.3, 0.4) is 0 Å². The van der Waals surface area contributed by atoms with Gasteiger partial charge in [-0.3, -0.25) is 0 Å². The molecule has 0 spiro atoms. The molecule has 1 heterocycles. The van der Waals surface area contributed by atoms with Crippen molar-refractivity contribution < 1.29 is 4.74 Å². The molecule has 1 radical (unpaired) electrons. The van der Waals surface area contributed by atoms with Gasteiger partial charge >= 0.3 is 0 Å². The van der Waals surface area contributed by atoms with Crippen molar-refractivity contribution in [3.8, 4) is 0 Å². The third-order valence-corrected chi connectivity index (χ3v) is 1.96. The molecule has 1 saturated heterocycles. The quantitative estimate of drug-likeness (QED) is 0.568. The Kier molecular flexibility index (Phi) is 3.16. The molecule has 2 nitrogen and oxygen atoms in total. The van der Waals surface area contributed by atoms with E-state index in [0.717, 1.165) is 25.9 Å². The molecule has 0 amide bonds. The van der Waals surface area contributed by atoms with Gasteiger partial charge in [-0.15, -0.1) is 0 Å². The third-order valence-electron chi connectivity index (χ3n) is 1.96. The largest absolute Gasteiger partial charge is 0.372 e. The number of nitrogens with zero attached hydrogens (tertiary/aromatic N) is 1. The molecule has 0 bridgehead atoms. The first-order valence-electron chi connectivity index (χ1n) is 4.15. The zero-order valence-electron chi connectivity index (χ0n) is 6.84. The number of ether oxygens (including phenoxy) is 1. The van der Waals surface area contributed by atoms with Crippen LogP contribution in [0.1, 0.15) is 26.7 Å². The molecule has 0 saturated carbocycles. The van der Waals surface area contributed by atoms with E-state index in [1.165, 1.54) is 0 Å². The van der Waals surface area contributed by atoms with E-state index in [0.29, 0.717) is 12.2 Å². The van der Waals surface area contributed by atoms with Crippen LogP contribution in [0.2, 0.25) is 0 Å². The molecule has 1 aliphatic rings. The first-order chi connectivity index (χ1) is 4.86. The molecule has 2 atom stereocenters. The number of hydrogen-bond donors (Lipinski definition) is 0. The van der Waals surface area contributed by atoms with Gasteiger partial charge in [0.25, 0.3) is 0 Å². The van der Waals surface area contributed by atoms with Crippen LogP contribution < -0.4 is 5.32 Å². The van der Waals surface area contributed by atoms with Gasteiger partial charge in [0.05, 0.1) is 12.2 Å². The van der Waals surface area contributed by atoms with Crippen molar-refractivity contribution in [1.29, 1.82) is 0 Å². The zero-order chi connectivity index (χ0) is 7.40. The molecule has 1 aliphatic heterocycles. The van der Waals surface area contributed by atoms with Crippen LogP contribution >= 0.6 is 0 Å². The van der Waals surface area contributed by atoms with Crippen molar-refractivity contribution in [2.75, 3.05) is 13.1 Å². The average Bonchev–Trinajstić information content (AvgIpc) is 2.05. The van der Waals surface area contributed by atoms with E-state index >= 15 is 0 Å². The zero-order valence-corrected chi connectivity index (χ0v) is 6.84. The minimum atomic E-state index is 0.402. The van der Waals surface area contributed by atoms with Crippen molar-refractivity contribution >= 4 is 0 Å². The van der Waals surface area contributed by atoms with Crippen LogP contribution in [-0.2, 0) is 4.74 Å². The van der Waals surface area contributed by atoms with Crippen LogP contribution in [0.15, 0.2) is 0 Å². The summed E-state index contributed by atoms with van der Waals surface area (Å²) >= 11 is 0. The fourth-order valence-corrected chi connectivity index (χ4v) is 1.17. The summed E-state index contributed by atoms with van der Waals surface area (Å²) in [6.07, 6.45) is 3.00. The SMILES string of the molecule is CCC1C[N]CC(CC)O1. The molecule has 1 rings (SSSR count). The summed E-state index contributed by atoms with van der Waals surface area (Å²) < 4.78 is 5.69. The first kappa shape index (κ1) is 8.02. The normalized spacial score (nSPS) is 34.2. The highest BCUT2D eigenvalue weighted by atomic mass is 16.5. The monoisotopic (exact) mass is 142 g/mol. The second kappa shape index (κ2) is 3.94. The number of rotatable bonds is 2. The molecule has 1 fully saturated rings. The predicted molar refractivity (Wildman–Crippen MR) is 41.1 cm³/mol. The van der Waals surface area contributed by atoms with Gasteiger partial charge in [-0.25, -0.2) is 5.32 Å². The number of morpholine rings is 1. The summed E-state index contributed by atoms with van der Waals surface area (Å²) in [5.74, 6) is 0. The maximum Gasteiger partial charge on any atom is 0.0717 e. The third kappa shape index (κ3) is 1.96. The summed E-state index contributed by atoms with van der Waals surface area (Å²) in [5.41, 5.74) is 0. The average molecular weight is 142 g/mol. The van der Waals surface area contributed by atoms with Gasteiger partial charge in [-0.1, -0.05) is 13.8 Å².